The largest absolute Gasteiger partial charge is 0.326 e. The number of benzene rings is 1. The highest BCUT2D eigenvalue weighted by Crippen LogP contribution is 2.26. The van der Waals surface area contributed by atoms with E-state index in [0.717, 1.165) is 0 Å². The Hall–Kier alpha value is -1.27. The Labute approximate surface area is 108 Å². The third-order valence-corrected chi connectivity index (χ3v) is 5.24. The molecule has 0 bridgehead atoms. The minimum absolute atomic E-state index is 0.0302. The Kier molecular flexibility index (Phi) is 2.53. The monoisotopic (exact) mass is 286 g/mol. The zero-order valence-electron chi connectivity index (χ0n) is 9.39. The lowest BCUT2D eigenvalue weighted by Crippen LogP contribution is -2.23. The zero-order chi connectivity index (χ0) is 12.9. The molecule has 0 amide bonds. The van der Waals surface area contributed by atoms with Crippen molar-refractivity contribution in [3.8, 4) is 0 Å². The summed E-state index contributed by atoms with van der Waals surface area (Å²) in [5.41, 5.74) is 1.05. The Bertz CT molecular complexity index is 775. The first-order valence-electron chi connectivity index (χ1n) is 5.56. The Morgan fingerprint density at radius 3 is 2.83 bits per heavy atom. The average molecular weight is 287 g/mol. The van der Waals surface area contributed by atoms with Gasteiger partial charge >= 0.3 is 5.69 Å². The summed E-state index contributed by atoms with van der Waals surface area (Å²) < 4.78 is 24.5. The van der Waals surface area contributed by atoms with Crippen molar-refractivity contribution in [2.24, 2.45) is 0 Å². The molecule has 18 heavy (non-hydrogen) atoms. The van der Waals surface area contributed by atoms with E-state index in [4.69, 9.17) is 11.6 Å². The standard InChI is InChI=1S/C11H11ClN2O3S/c12-7-1-2-10-9(5-7)13-11(15)14(10)8-3-4-18(16,17)6-8/h1-2,5,8H,3-4,6H2,(H,13,15). The SMILES string of the molecule is O=c1[nH]c2cc(Cl)ccc2n1C1CCS(=O)(=O)C1. The molecule has 1 aliphatic heterocycles. The second kappa shape index (κ2) is 3.86. The third-order valence-electron chi connectivity index (χ3n) is 3.25. The van der Waals surface area contributed by atoms with Gasteiger partial charge in [-0.2, -0.15) is 0 Å². The van der Waals surface area contributed by atoms with Gasteiger partial charge in [0.1, 0.15) is 0 Å². The van der Waals surface area contributed by atoms with Gasteiger partial charge in [-0.05, 0) is 24.6 Å². The van der Waals surface area contributed by atoms with Crippen LogP contribution in [0.3, 0.4) is 0 Å². The molecule has 1 aromatic carbocycles. The van der Waals surface area contributed by atoms with Crippen LogP contribution in [0.1, 0.15) is 12.5 Å². The van der Waals surface area contributed by atoms with E-state index in [-0.39, 0.29) is 23.2 Å². The summed E-state index contributed by atoms with van der Waals surface area (Å²) in [6.45, 7) is 0. The van der Waals surface area contributed by atoms with E-state index in [1.165, 1.54) is 4.57 Å². The van der Waals surface area contributed by atoms with Crippen molar-refractivity contribution >= 4 is 32.5 Å². The van der Waals surface area contributed by atoms with Crippen molar-refractivity contribution < 1.29 is 8.42 Å². The van der Waals surface area contributed by atoms with Crippen molar-refractivity contribution in [3.63, 3.8) is 0 Å². The van der Waals surface area contributed by atoms with Crippen molar-refractivity contribution in [3.05, 3.63) is 33.7 Å². The highest BCUT2D eigenvalue weighted by Gasteiger charge is 2.31. The molecule has 1 N–H and O–H groups in total. The first kappa shape index (κ1) is 11.8. The molecule has 3 rings (SSSR count). The van der Waals surface area contributed by atoms with E-state index in [1.54, 1.807) is 18.2 Å². The number of hydrogen-bond donors (Lipinski definition) is 1. The first-order valence-corrected chi connectivity index (χ1v) is 7.76. The number of fused-ring (bicyclic) bond motifs is 1. The molecular weight excluding hydrogens is 276 g/mol. The Balaban J connectivity index is 2.18. The summed E-state index contributed by atoms with van der Waals surface area (Å²) in [4.78, 5) is 14.6. The fraction of sp³-hybridized carbons (Fsp3) is 0.364. The molecule has 0 saturated carbocycles. The molecule has 5 nitrogen and oxygen atoms in total. The maximum atomic E-state index is 11.9. The van der Waals surface area contributed by atoms with Crippen LogP contribution in [0.4, 0.5) is 0 Å². The van der Waals surface area contributed by atoms with Crippen molar-refractivity contribution in [2.45, 2.75) is 12.5 Å². The number of nitrogens with one attached hydrogen (secondary N) is 1. The lowest BCUT2D eigenvalue weighted by atomic mass is 10.2. The predicted octanol–water partition coefficient (Wildman–Crippen LogP) is 1.34. The van der Waals surface area contributed by atoms with Crippen LogP contribution in [0.15, 0.2) is 23.0 Å². The summed E-state index contributed by atoms with van der Waals surface area (Å²) >= 11 is 5.86. The number of sulfone groups is 1. The molecule has 0 aliphatic carbocycles. The van der Waals surface area contributed by atoms with Gasteiger partial charge in [-0.25, -0.2) is 13.2 Å². The smallest absolute Gasteiger partial charge is 0.305 e. The number of aromatic amines is 1. The van der Waals surface area contributed by atoms with Crippen LogP contribution in [0.2, 0.25) is 5.02 Å². The van der Waals surface area contributed by atoms with Crippen LogP contribution in [0.25, 0.3) is 11.0 Å². The van der Waals surface area contributed by atoms with E-state index in [0.29, 0.717) is 22.5 Å². The number of aromatic nitrogens is 2. The molecule has 1 saturated heterocycles. The van der Waals surface area contributed by atoms with Gasteiger partial charge in [0.2, 0.25) is 0 Å². The normalized spacial score (nSPS) is 22.6. The Morgan fingerprint density at radius 1 is 1.39 bits per heavy atom. The second-order valence-corrected chi connectivity index (χ2v) is 7.18. The van der Waals surface area contributed by atoms with E-state index in [9.17, 15) is 13.2 Å². The van der Waals surface area contributed by atoms with Crippen LogP contribution < -0.4 is 5.69 Å². The molecule has 0 radical (unpaired) electrons. The van der Waals surface area contributed by atoms with E-state index < -0.39 is 9.84 Å². The molecular formula is C11H11ClN2O3S. The molecule has 2 aromatic rings. The average Bonchev–Trinajstić information content (AvgIpc) is 2.77. The molecule has 7 heteroatoms. The summed E-state index contributed by atoms with van der Waals surface area (Å²) in [5, 5.41) is 0.537. The van der Waals surface area contributed by atoms with Crippen LogP contribution in [0, 0.1) is 0 Å². The van der Waals surface area contributed by atoms with Gasteiger partial charge in [0, 0.05) is 5.02 Å². The maximum Gasteiger partial charge on any atom is 0.326 e. The van der Waals surface area contributed by atoms with Gasteiger partial charge in [0.15, 0.2) is 9.84 Å². The molecule has 1 unspecified atom stereocenters. The van der Waals surface area contributed by atoms with E-state index in [1.807, 2.05) is 0 Å². The van der Waals surface area contributed by atoms with Crippen molar-refractivity contribution in [1.29, 1.82) is 0 Å². The highest BCUT2D eigenvalue weighted by molar-refractivity contribution is 7.91. The summed E-state index contributed by atoms with van der Waals surface area (Å²) in [6.07, 6.45) is 0.484. The van der Waals surface area contributed by atoms with E-state index >= 15 is 0 Å². The quantitative estimate of drug-likeness (QED) is 0.860. The number of H-pyrrole nitrogens is 1. The first-order chi connectivity index (χ1) is 8.46. The van der Waals surface area contributed by atoms with Gasteiger partial charge in [-0.15, -0.1) is 0 Å². The molecule has 0 spiro atoms. The van der Waals surface area contributed by atoms with Gasteiger partial charge < -0.3 is 4.98 Å². The summed E-state index contributed by atoms with van der Waals surface area (Å²) in [5.74, 6) is 0.173. The fourth-order valence-electron chi connectivity index (χ4n) is 2.44. The van der Waals surface area contributed by atoms with Crippen LogP contribution in [-0.2, 0) is 9.84 Å². The lowest BCUT2D eigenvalue weighted by Gasteiger charge is -2.09. The number of rotatable bonds is 1. The van der Waals surface area contributed by atoms with Crippen LogP contribution >= 0.6 is 11.6 Å². The Morgan fingerprint density at radius 2 is 2.17 bits per heavy atom. The number of imidazole rings is 1. The predicted molar refractivity (Wildman–Crippen MR) is 69.9 cm³/mol. The second-order valence-electron chi connectivity index (χ2n) is 4.52. The van der Waals surface area contributed by atoms with E-state index in [2.05, 4.69) is 4.98 Å². The molecule has 96 valence electrons. The molecule has 1 fully saturated rings. The van der Waals surface area contributed by atoms with Crippen molar-refractivity contribution in [2.75, 3.05) is 11.5 Å². The number of halogens is 1. The number of nitrogens with zero attached hydrogens (tertiary/aromatic N) is 1. The highest BCUT2D eigenvalue weighted by atomic mass is 35.5. The summed E-state index contributed by atoms with van der Waals surface area (Å²) in [7, 11) is -3.01. The zero-order valence-corrected chi connectivity index (χ0v) is 11.0. The number of hydrogen-bond acceptors (Lipinski definition) is 3. The van der Waals surface area contributed by atoms with Gasteiger partial charge in [-0.3, -0.25) is 4.57 Å². The minimum Gasteiger partial charge on any atom is -0.305 e. The summed E-state index contributed by atoms with van der Waals surface area (Å²) in [6, 6.07) is 4.81. The topological polar surface area (TPSA) is 71.9 Å². The maximum absolute atomic E-state index is 11.9. The van der Waals surface area contributed by atoms with Gasteiger partial charge in [0.05, 0.1) is 28.6 Å². The van der Waals surface area contributed by atoms with Gasteiger partial charge in [-0.1, -0.05) is 11.6 Å². The van der Waals surface area contributed by atoms with Crippen LogP contribution in [-0.4, -0.2) is 29.5 Å². The molecule has 1 atom stereocenters. The molecule has 2 heterocycles. The van der Waals surface area contributed by atoms with Crippen molar-refractivity contribution in [1.82, 2.24) is 9.55 Å². The fourth-order valence-corrected chi connectivity index (χ4v) is 4.32. The minimum atomic E-state index is -3.01. The lowest BCUT2D eigenvalue weighted by molar-refractivity contribution is 0.554. The van der Waals surface area contributed by atoms with Gasteiger partial charge in [0.25, 0.3) is 0 Å². The molecule has 1 aliphatic rings. The molecule has 1 aromatic heterocycles. The van der Waals surface area contributed by atoms with Crippen LogP contribution in [0.5, 0.6) is 0 Å². The third kappa shape index (κ3) is 1.85.